The third-order valence-corrected chi connectivity index (χ3v) is 4.43. The van der Waals surface area contributed by atoms with Gasteiger partial charge in [-0.1, -0.05) is 49.1 Å². The highest BCUT2D eigenvalue weighted by molar-refractivity contribution is 6.31. The van der Waals surface area contributed by atoms with E-state index in [4.69, 9.17) is 11.6 Å². The van der Waals surface area contributed by atoms with Crippen molar-refractivity contribution in [3.05, 3.63) is 34.9 Å². The second-order valence-corrected chi connectivity index (χ2v) is 6.16. The van der Waals surface area contributed by atoms with E-state index in [9.17, 15) is 5.11 Å². The first kappa shape index (κ1) is 14.8. The summed E-state index contributed by atoms with van der Waals surface area (Å²) in [5, 5.41) is 11.0. The largest absolute Gasteiger partial charge is 0.393 e. The van der Waals surface area contributed by atoms with Crippen molar-refractivity contribution in [3.8, 4) is 0 Å². The van der Waals surface area contributed by atoms with Gasteiger partial charge in [0.2, 0.25) is 0 Å². The van der Waals surface area contributed by atoms with Gasteiger partial charge in [0, 0.05) is 18.1 Å². The molecule has 0 aromatic heterocycles. The predicted molar refractivity (Wildman–Crippen MR) is 80.4 cm³/mol. The van der Waals surface area contributed by atoms with E-state index in [1.54, 1.807) is 0 Å². The molecule has 1 aliphatic carbocycles. The Balaban J connectivity index is 1.89. The highest BCUT2D eigenvalue weighted by Gasteiger charge is 2.22. The zero-order chi connectivity index (χ0) is 13.7. The van der Waals surface area contributed by atoms with Crippen molar-refractivity contribution in [2.24, 2.45) is 5.92 Å². The Hall–Kier alpha value is -0.570. The van der Waals surface area contributed by atoms with Crippen molar-refractivity contribution in [3.63, 3.8) is 0 Å². The number of hydrogen-bond donors (Lipinski definition) is 1. The molecule has 19 heavy (non-hydrogen) atoms. The average Bonchev–Trinajstić information content (AvgIpc) is 2.58. The van der Waals surface area contributed by atoms with Crippen molar-refractivity contribution < 1.29 is 5.11 Å². The van der Waals surface area contributed by atoms with Gasteiger partial charge in [-0.3, -0.25) is 0 Å². The Bertz CT molecular complexity index is 396. The Morgan fingerprint density at radius 2 is 1.95 bits per heavy atom. The van der Waals surface area contributed by atoms with Crippen molar-refractivity contribution in [2.45, 2.75) is 44.8 Å². The zero-order valence-corrected chi connectivity index (χ0v) is 12.4. The van der Waals surface area contributed by atoms with Crippen LogP contribution in [0.4, 0.5) is 0 Å². The van der Waals surface area contributed by atoms with Crippen molar-refractivity contribution >= 4 is 11.6 Å². The van der Waals surface area contributed by atoms with Crippen LogP contribution >= 0.6 is 11.6 Å². The average molecular weight is 282 g/mol. The second kappa shape index (κ2) is 7.28. The first-order valence-corrected chi connectivity index (χ1v) is 7.64. The van der Waals surface area contributed by atoms with Gasteiger partial charge >= 0.3 is 0 Å². The monoisotopic (exact) mass is 281 g/mol. The van der Waals surface area contributed by atoms with Gasteiger partial charge in [-0.25, -0.2) is 0 Å². The zero-order valence-electron chi connectivity index (χ0n) is 11.7. The van der Waals surface area contributed by atoms with Crippen LogP contribution < -0.4 is 0 Å². The van der Waals surface area contributed by atoms with Crippen LogP contribution in [0.25, 0.3) is 0 Å². The molecule has 2 rings (SSSR count). The predicted octanol–water partition coefficient (Wildman–Crippen LogP) is 3.71. The molecule has 0 spiro atoms. The third kappa shape index (κ3) is 4.48. The molecule has 0 bridgehead atoms. The normalized spacial score (nSPS) is 24.4. The highest BCUT2D eigenvalue weighted by atomic mass is 35.5. The topological polar surface area (TPSA) is 23.5 Å². The van der Waals surface area contributed by atoms with Gasteiger partial charge < -0.3 is 10.0 Å². The van der Waals surface area contributed by atoms with Gasteiger partial charge in [-0.05, 0) is 37.4 Å². The molecule has 0 saturated heterocycles. The van der Waals surface area contributed by atoms with Crippen LogP contribution in [0.1, 0.15) is 37.7 Å². The van der Waals surface area contributed by atoms with Crippen LogP contribution in [-0.4, -0.2) is 29.7 Å². The van der Waals surface area contributed by atoms with E-state index < -0.39 is 0 Å². The Kier molecular flexibility index (Phi) is 5.68. The number of benzene rings is 1. The van der Waals surface area contributed by atoms with Crippen LogP contribution in [0, 0.1) is 5.92 Å². The smallest absolute Gasteiger partial charge is 0.0580 e. The summed E-state index contributed by atoms with van der Waals surface area (Å²) in [6, 6.07) is 7.99. The maximum Gasteiger partial charge on any atom is 0.0580 e. The van der Waals surface area contributed by atoms with E-state index >= 15 is 0 Å². The van der Waals surface area contributed by atoms with Crippen molar-refractivity contribution in [1.29, 1.82) is 0 Å². The minimum atomic E-state index is -0.129. The van der Waals surface area contributed by atoms with Crippen LogP contribution in [0.5, 0.6) is 0 Å². The minimum Gasteiger partial charge on any atom is -0.393 e. The first-order chi connectivity index (χ1) is 9.16. The molecule has 1 fully saturated rings. The quantitative estimate of drug-likeness (QED) is 0.851. The van der Waals surface area contributed by atoms with Crippen LogP contribution in [-0.2, 0) is 6.54 Å². The molecule has 2 nitrogen and oxygen atoms in total. The fourth-order valence-corrected chi connectivity index (χ4v) is 3.16. The van der Waals surface area contributed by atoms with Gasteiger partial charge in [0.15, 0.2) is 0 Å². The lowest BCUT2D eigenvalue weighted by Crippen LogP contribution is -2.32. The van der Waals surface area contributed by atoms with Gasteiger partial charge in [-0.15, -0.1) is 0 Å². The van der Waals surface area contributed by atoms with Crippen LogP contribution in [0.2, 0.25) is 5.02 Å². The molecule has 106 valence electrons. The fraction of sp³-hybridized carbons (Fsp3) is 0.625. The fourth-order valence-electron chi connectivity index (χ4n) is 2.96. The summed E-state index contributed by atoms with van der Waals surface area (Å²) in [7, 11) is 2.11. The molecule has 1 aromatic rings. The Morgan fingerprint density at radius 1 is 1.21 bits per heavy atom. The number of halogens is 1. The molecule has 0 heterocycles. The van der Waals surface area contributed by atoms with E-state index in [1.165, 1.54) is 19.3 Å². The van der Waals surface area contributed by atoms with Gasteiger partial charge in [-0.2, -0.15) is 0 Å². The number of hydrogen-bond acceptors (Lipinski definition) is 2. The van der Waals surface area contributed by atoms with E-state index in [1.807, 2.05) is 18.2 Å². The molecule has 0 amide bonds. The standard InChI is InChI=1S/C16H24ClNO/c1-18(11-13-7-5-6-9-15(13)17)12-14-8-3-2-4-10-16(14)19/h5-7,9,14,16,19H,2-4,8,10-12H2,1H3. The van der Waals surface area contributed by atoms with E-state index in [0.29, 0.717) is 5.92 Å². The third-order valence-electron chi connectivity index (χ3n) is 4.06. The molecular formula is C16H24ClNO. The summed E-state index contributed by atoms with van der Waals surface area (Å²) >= 11 is 6.19. The molecule has 0 aliphatic heterocycles. The van der Waals surface area contributed by atoms with Gasteiger partial charge in [0.25, 0.3) is 0 Å². The van der Waals surface area contributed by atoms with E-state index in [-0.39, 0.29) is 6.10 Å². The maximum absolute atomic E-state index is 10.2. The van der Waals surface area contributed by atoms with E-state index in [2.05, 4.69) is 18.0 Å². The molecule has 2 unspecified atom stereocenters. The Labute approximate surface area is 121 Å². The lowest BCUT2D eigenvalue weighted by molar-refractivity contribution is 0.0780. The first-order valence-electron chi connectivity index (χ1n) is 7.27. The highest BCUT2D eigenvalue weighted by Crippen LogP contribution is 2.25. The van der Waals surface area contributed by atoms with Gasteiger partial charge in [0.1, 0.15) is 0 Å². The number of aliphatic hydroxyl groups is 1. The summed E-state index contributed by atoms with van der Waals surface area (Å²) in [5.74, 6) is 0.412. The minimum absolute atomic E-state index is 0.129. The number of aliphatic hydroxyl groups excluding tert-OH is 1. The van der Waals surface area contributed by atoms with Crippen molar-refractivity contribution in [2.75, 3.05) is 13.6 Å². The van der Waals surface area contributed by atoms with Gasteiger partial charge in [0.05, 0.1) is 6.10 Å². The molecule has 3 heteroatoms. The molecule has 1 N–H and O–H groups in total. The number of rotatable bonds is 4. The molecule has 1 saturated carbocycles. The molecule has 1 aliphatic rings. The lowest BCUT2D eigenvalue weighted by Gasteiger charge is -2.26. The lowest BCUT2D eigenvalue weighted by atomic mass is 9.96. The molecular weight excluding hydrogens is 258 g/mol. The molecule has 2 atom stereocenters. The second-order valence-electron chi connectivity index (χ2n) is 5.75. The summed E-state index contributed by atoms with van der Waals surface area (Å²) in [4.78, 5) is 2.28. The summed E-state index contributed by atoms with van der Waals surface area (Å²) in [6.45, 7) is 1.80. The van der Waals surface area contributed by atoms with E-state index in [0.717, 1.165) is 36.5 Å². The summed E-state index contributed by atoms with van der Waals surface area (Å²) in [5.41, 5.74) is 1.16. The van der Waals surface area contributed by atoms with Crippen LogP contribution in [0.15, 0.2) is 24.3 Å². The van der Waals surface area contributed by atoms with Crippen LogP contribution in [0.3, 0.4) is 0 Å². The number of nitrogens with zero attached hydrogens (tertiary/aromatic N) is 1. The summed E-state index contributed by atoms with van der Waals surface area (Å²) in [6.07, 6.45) is 5.67. The van der Waals surface area contributed by atoms with Crippen molar-refractivity contribution in [1.82, 2.24) is 4.90 Å². The SMILES string of the molecule is CN(Cc1ccccc1Cl)CC1CCCCCC1O. The Morgan fingerprint density at radius 3 is 2.74 bits per heavy atom. The molecule has 1 aromatic carbocycles. The summed E-state index contributed by atoms with van der Waals surface area (Å²) < 4.78 is 0. The molecule has 0 radical (unpaired) electrons. The maximum atomic E-state index is 10.2.